The SMILES string of the molecule is C=CC(F)(F)C(F)(F)C(F)C(F)CF. The molecular weight excluding hydrogens is 217 g/mol. The van der Waals surface area contributed by atoms with E-state index in [4.69, 9.17) is 0 Å². The molecule has 0 N–H and O–H groups in total. The second-order valence-corrected chi connectivity index (χ2v) is 2.52. The minimum atomic E-state index is -5.31. The number of rotatable bonds is 5. The lowest BCUT2D eigenvalue weighted by molar-refractivity contribution is -0.225. The smallest absolute Gasteiger partial charge is 0.248 e. The van der Waals surface area contributed by atoms with E-state index >= 15 is 0 Å². The Kier molecular flexibility index (Phi) is 3.96. The summed E-state index contributed by atoms with van der Waals surface area (Å²) in [5, 5.41) is 0. The van der Waals surface area contributed by atoms with Crippen LogP contribution in [-0.4, -0.2) is 30.9 Å². The summed E-state index contributed by atoms with van der Waals surface area (Å²) in [5.41, 5.74) is 0. The second-order valence-electron chi connectivity index (χ2n) is 2.52. The summed E-state index contributed by atoms with van der Waals surface area (Å²) in [6.45, 7) is 0.260. The van der Waals surface area contributed by atoms with Gasteiger partial charge in [-0.1, -0.05) is 6.58 Å². The normalized spacial score (nSPS) is 17.6. The Balaban J connectivity index is 4.85. The number of alkyl halides is 7. The van der Waals surface area contributed by atoms with Crippen LogP contribution in [0.5, 0.6) is 0 Å². The fourth-order valence-corrected chi connectivity index (χ4v) is 0.625. The van der Waals surface area contributed by atoms with Crippen molar-refractivity contribution in [1.29, 1.82) is 0 Å². The molecule has 0 rings (SSSR count). The molecule has 0 saturated heterocycles. The van der Waals surface area contributed by atoms with E-state index in [1.54, 1.807) is 0 Å². The van der Waals surface area contributed by atoms with Gasteiger partial charge in [-0.25, -0.2) is 13.2 Å². The summed E-state index contributed by atoms with van der Waals surface area (Å²) in [5.74, 6) is -10.2. The zero-order valence-electron chi connectivity index (χ0n) is 6.79. The second kappa shape index (κ2) is 4.18. The molecule has 0 aliphatic rings. The zero-order chi connectivity index (χ0) is 11.6. The van der Waals surface area contributed by atoms with Gasteiger partial charge in [-0.15, -0.1) is 0 Å². The van der Waals surface area contributed by atoms with E-state index in [1.807, 2.05) is 0 Å². The molecule has 0 aliphatic heterocycles. The van der Waals surface area contributed by atoms with E-state index < -0.39 is 36.9 Å². The van der Waals surface area contributed by atoms with Gasteiger partial charge in [0.15, 0.2) is 6.17 Å². The van der Waals surface area contributed by atoms with Crippen LogP contribution in [0.2, 0.25) is 0 Å². The predicted octanol–water partition coefficient (Wildman–Crippen LogP) is 3.09. The predicted molar refractivity (Wildman–Crippen MR) is 35.9 cm³/mol. The van der Waals surface area contributed by atoms with Gasteiger partial charge in [-0.3, -0.25) is 0 Å². The van der Waals surface area contributed by atoms with Crippen LogP contribution in [0, 0.1) is 0 Å². The Bertz CT molecular complexity index is 200. The first-order valence-corrected chi connectivity index (χ1v) is 3.44. The molecule has 0 aromatic rings. The molecule has 0 aromatic heterocycles. The van der Waals surface area contributed by atoms with Gasteiger partial charge in [0.05, 0.1) is 0 Å². The van der Waals surface area contributed by atoms with Crippen LogP contribution in [0.25, 0.3) is 0 Å². The van der Waals surface area contributed by atoms with Gasteiger partial charge >= 0.3 is 11.8 Å². The van der Waals surface area contributed by atoms with Crippen molar-refractivity contribution in [2.45, 2.75) is 24.2 Å². The van der Waals surface area contributed by atoms with Gasteiger partial charge in [0, 0.05) is 0 Å². The molecule has 84 valence electrons. The summed E-state index contributed by atoms with van der Waals surface area (Å²) < 4.78 is 85.3. The largest absolute Gasteiger partial charge is 0.347 e. The van der Waals surface area contributed by atoms with Crippen molar-refractivity contribution in [3.8, 4) is 0 Å². The molecule has 7 heteroatoms. The zero-order valence-corrected chi connectivity index (χ0v) is 6.79. The molecule has 0 radical (unpaired) electrons. The minimum absolute atomic E-state index is 0.509. The van der Waals surface area contributed by atoms with Crippen molar-refractivity contribution < 1.29 is 30.7 Å². The Morgan fingerprint density at radius 1 is 1.14 bits per heavy atom. The topological polar surface area (TPSA) is 0 Å². The highest BCUT2D eigenvalue weighted by Gasteiger charge is 2.62. The molecule has 2 atom stereocenters. The Morgan fingerprint density at radius 3 is 1.86 bits per heavy atom. The lowest BCUT2D eigenvalue weighted by atomic mass is 10.0. The van der Waals surface area contributed by atoms with Gasteiger partial charge in [-0.2, -0.15) is 17.6 Å². The molecule has 14 heavy (non-hydrogen) atoms. The third-order valence-corrected chi connectivity index (χ3v) is 1.51. The van der Waals surface area contributed by atoms with Gasteiger partial charge in [0.2, 0.25) is 6.17 Å². The van der Waals surface area contributed by atoms with Crippen LogP contribution in [0.1, 0.15) is 0 Å². The monoisotopic (exact) mass is 224 g/mol. The van der Waals surface area contributed by atoms with E-state index in [0.717, 1.165) is 0 Å². The highest BCUT2D eigenvalue weighted by Crippen LogP contribution is 2.40. The van der Waals surface area contributed by atoms with Crippen molar-refractivity contribution in [1.82, 2.24) is 0 Å². The number of allylic oxidation sites excluding steroid dienone is 1. The fraction of sp³-hybridized carbons (Fsp3) is 0.714. The van der Waals surface area contributed by atoms with Gasteiger partial charge < -0.3 is 0 Å². The molecule has 0 spiro atoms. The maximum atomic E-state index is 12.4. The van der Waals surface area contributed by atoms with Crippen molar-refractivity contribution >= 4 is 0 Å². The lowest BCUT2D eigenvalue weighted by Gasteiger charge is -2.27. The van der Waals surface area contributed by atoms with Crippen LogP contribution in [-0.2, 0) is 0 Å². The Labute approximate surface area is 75.4 Å². The molecule has 0 heterocycles. The van der Waals surface area contributed by atoms with Gasteiger partial charge in [0.25, 0.3) is 0 Å². The number of hydrogen-bond donors (Lipinski definition) is 0. The Hall–Kier alpha value is -0.750. The number of hydrogen-bond acceptors (Lipinski definition) is 0. The minimum Gasteiger partial charge on any atom is -0.248 e. The fourth-order valence-electron chi connectivity index (χ4n) is 0.625. The molecule has 0 aliphatic carbocycles. The van der Waals surface area contributed by atoms with Crippen molar-refractivity contribution in [3.63, 3.8) is 0 Å². The molecule has 0 nitrogen and oxygen atoms in total. The molecule has 0 fully saturated rings. The van der Waals surface area contributed by atoms with Crippen molar-refractivity contribution in [2.24, 2.45) is 0 Å². The third-order valence-electron chi connectivity index (χ3n) is 1.51. The van der Waals surface area contributed by atoms with Crippen LogP contribution in [0.3, 0.4) is 0 Å². The first-order chi connectivity index (χ1) is 6.20. The van der Waals surface area contributed by atoms with E-state index in [9.17, 15) is 30.7 Å². The van der Waals surface area contributed by atoms with Crippen molar-refractivity contribution in [3.05, 3.63) is 12.7 Å². The molecule has 2 unspecified atom stereocenters. The molecule has 0 aromatic carbocycles. The maximum absolute atomic E-state index is 12.4. The maximum Gasteiger partial charge on any atom is 0.347 e. The summed E-state index contributed by atoms with van der Waals surface area (Å²) in [6.07, 6.45) is -7.69. The summed E-state index contributed by atoms with van der Waals surface area (Å²) >= 11 is 0. The van der Waals surface area contributed by atoms with E-state index in [0.29, 0.717) is 0 Å². The van der Waals surface area contributed by atoms with Crippen LogP contribution >= 0.6 is 0 Å². The highest BCUT2D eigenvalue weighted by atomic mass is 19.3. The summed E-state index contributed by atoms with van der Waals surface area (Å²) in [7, 11) is 0. The van der Waals surface area contributed by atoms with E-state index in [-0.39, 0.29) is 0 Å². The van der Waals surface area contributed by atoms with Crippen LogP contribution < -0.4 is 0 Å². The van der Waals surface area contributed by atoms with E-state index in [1.165, 1.54) is 0 Å². The van der Waals surface area contributed by atoms with Gasteiger partial charge in [0.1, 0.15) is 6.67 Å². The first kappa shape index (κ1) is 13.2. The molecule has 0 amide bonds. The van der Waals surface area contributed by atoms with Crippen LogP contribution in [0.15, 0.2) is 12.7 Å². The summed E-state index contributed by atoms with van der Waals surface area (Å²) in [6, 6.07) is 0. The van der Waals surface area contributed by atoms with Gasteiger partial charge in [-0.05, 0) is 6.08 Å². The van der Waals surface area contributed by atoms with Crippen LogP contribution in [0.4, 0.5) is 30.7 Å². The number of halogens is 7. The average Bonchev–Trinajstić information content (AvgIpc) is 2.14. The van der Waals surface area contributed by atoms with Crippen molar-refractivity contribution in [2.75, 3.05) is 6.67 Å². The molecule has 0 bridgehead atoms. The van der Waals surface area contributed by atoms with E-state index in [2.05, 4.69) is 6.58 Å². The Morgan fingerprint density at radius 2 is 1.57 bits per heavy atom. The lowest BCUT2D eigenvalue weighted by Crippen LogP contribution is -2.50. The highest BCUT2D eigenvalue weighted by molar-refractivity contribution is 5.03. The quantitative estimate of drug-likeness (QED) is 0.497. The first-order valence-electron chi connectivity index (χ1n) is 3.44. The average molecular weight is 224 g/mol. The summed E-state index contributed by atoms with van der Waals surface area (Å²) in [4.78, 5) is 0. The third kappa shape index (κ3) is 2.19. The molecule has 0 saturated carbocycles. The molecular formula is C7H7F7. The standard InChI is InChI=1S/C7H7F7/c1-2-6(11,12)7(13,14)5(10)4(9)3-8/h2,4-5H,1,3H2.